The minimum Gasteiger partial charge on any atom is -0.352 e. The smallest absolute Gasteiger partial charge is 0.251 e. The molecule has 4 rings (SSSR count). The van der Waals surface area contributed by atoms with Gasteiger partial charge in [-0.25, -0.2) is 8.42 Å². The molecule has 9 heteroatoms. The maximum atomic E-state index is 13.2. The predicted octanol–water partition coefficient (Wildman–Crippen LogP) is 3.86. The van der Waals surface area contributed by atoms with Gasteiger partial charge in [-0.3, -0.25) is 9.59 Å². The van der Waals surface area contributed by atoms with Crippen LogP contribution in [0.25, 0.3) is 0 Å². The van der Waals surface area contributed by atoms with Crippen LogP contribution in [0.5, 0.6) is 0 Å². The van der Waals surface area contributed by atoms with Crippen molar-refractivity contribution in [1.82, 2.24) is 9.62 Å². The summed E-state index contributed by atoms with van der Waals surface area (Å²) in [5.41, 5.74) is 3.06. The van der Waals surface area contributed by atoms with Gasteiger partial charge in [0, 0.05) is 30.1 Å². The third kappa shape index (κ3) is 5.11. The highest BCUT2D eigenvalue weighted by atomic mass is 32.2. The number of fused-ring (bicyclic) bond motifs is 1. The molecule has 0 saturated heterocycles. The Kier molecular flexibility index (Phi) is 6.97. The Morgan fingerprint density at radius 3 is 2.56 bits per heavy atom. The van der Waals surface area contributed by atoms with Gasteiger partial charge < -0.3 is 10.6 Å². The van der Waals surface area contributed by atoms with Gasteiger partial charge in [0.05, 0.1) is 9.90 Å². The SMILES string of the molecule is C=CC(=O)Nc1cc2c(s1)CN(S(=O)(=O)c1ccc(C(=O)NCCc3ccccc3)c(C)c1)C2. The van der Waals surface area contributed by atoms with Crippen molar-refractivity contribution in [2.45, 2.75) is 31.3 Å². The van der Waals surface area contributed by atoms with Crippen molar-refractivity contribution >= 4 is 38.2 Å². The number of amides is 2. The molecule has 0 fully saturated rings. The van der Waals surface area contributed by atoms with E-state index in [1.54, 1.807) is 25.1 Å². The lowest BCUT2D eigenvalue weighted by molar-refractivity contribution is -0.111. The number of carbonyl (C=O) groups is 2. The topological polar surface area (TPSA) is 95.6 Å². The summed E-state index contributed by atoms with van der Waals surface area (Å²) in [6.45, 7) is 6.14. The summed E-state index contributed by atoms with van der Waals surface area (Å²) in [7, 11) is -3.73. The van der Waals surface area contributed by atoms with Gasteiger partial charge >= 0.3 is 0 Å². The van der Waals surface area contributed by atoms with Gasteiger partial charge in [0.25, 0.3) is 5.91 Å². The van der Waals surface area contributed by atoms with E-state index < -0.39 is 10.0 Å². The lowest BCUT2D eigenvalue weighted by Crippen LogP contribution is -2.28. The Balaban J connectivity index is 1.41. The number of anilines is 1. The van der Waals surface area contributed by atoms with Gasteiger partial charge in [0.1, 0.15) is 0 Å². The molecule has 1 aromatic heterocycles. The highest BCUT2D eigenvalue weighted by molar-refractivity contribution is 7.89. The Bertz CT molecular complexity index is 1320. The van der Waals surface area contributed by atoms with Gasteiger partial charge in [0.15, 0.2) is 0 Å². The number of hydrogen-bond acceptors (Lipinski definition) is 5. The lowest BCUT2D eigenvalue weighted by Gasteiger charge is -2.17. The van der Waals surface area contributed by atoms with Crippen molar-refractivity contribution < 1.29 is 18.0 Å². The molecule has 2 amide bonds. The number of hydrogen-bond donors (Lipinski definition) is 2. The van der Waals surface area contributed by atoms with E-state index in [1.807, 2.05) is 30.3 Å². The largest absolute Gasteiger partial charge is 0.352 e. The minimum absolute atomic E-state index is 0.154. The fourth-order valence-corrected chi connectivity index (χ4v) is 6.45. The number of sulfonamides is 1. The summed E-state index contributed by atoms with van der Waals surface area (Å²) in [5.74, 6) is -0.529. The first-order chi connectivity index (χ1) is 16.3. The van der Waals surface area contributed by atoms with Crippen LogP contribution in [0.1, 0.15) is 31.9 Å². The second-order valence-corrected chi connectivity index (χ2v) is 11.1. The van der Waals surface area contributed by atoms with Crippen molar-refractivity contribution in [3.8, 4) is 0 Å². The van der Waals surface area contributed by atoms with Crippen LogP contribution in [0.4, 0.5) is 5.00 Å². The van der Waals surface area contributed by atoms with Crippen molar-refractivity contribution in [3.05, 3.63) is 94.4 Å². The van der Waals surface area contributed by atoms with Crippen LogP contribution >= 0.6 is 11.3 Å². The molecule has 2 N–H and O–H groups in total. The first-order valence-electron chi connectivity index (χ1n) is 10.8. The number of aryl methyl sites for hydroxylation is 1. The molecular weight excluding hydrogens is 470 g/mol. The average Bonchev–Trinajstić information content (AvgIpc) is 3.38. The summed E-state index contributed by atoms with van der Waals surface area (Å²) < 4.78 is 27.8. The van der Waals surface area contributed by atoms with Crippen molar-refractivity contribution in [2.24, 2.45) is 0 Å². The molecular formula is C25H25N3O4S2. The van der Waals surface area contributed by atoms with Gasteiger partial charge in [-0.1, -0.05) is 36.9 Å². The van der Waals surface area contributed by atoms with Crippen molar-refractivity contribution in [3.63, 3.8) is 0 Å². The molecule has 0 atom stereocenters. The molecule has 7 nitrogen and oxygen atoms in total. The second-order valence-electron chi connectivity index (χ2n) is 7.99. The molecule has 2 aromatic carbocycles. The van der Waals surface area contributed by atoms with Crippen LogP contribution in [-0.2, 0) is 34.3 Å². The Hall–Kier alpha value is -3.27. The van der Waals surface area contributed by atoms with Crippen LogP contribution in [0.3, 0.4) is 0 Å². The Morgan fingerprint density at radius 1 is 1.12 bits per heavy atom. The molecule has 1 aliphatic rings. The predicted molar refractivity (Wildman–Crippen MR) is 133 cm³/mol. The number of carbonyl (C=O) groups excluding carboxylic acids is 2. The lowest BCUT2D eigenvalue weighted by atomic mass is 10.1. The number of nitrogens with zero attached hydrogens (tertiary/aromatic N) is 1. The third-order valence-electron chi connectivity index (χ3n) is 5.62. The molecule has 0 bridgehead atoms. The number of rotatable bonds is 8. The van der Waals surface area contributed by atoms with Crippen LogP contribution in [-0.4, -0.2) is 31.1 Å². The second kappa shape index (κ2) is 9.92. The molecule has 0 spiro atoms. The fourth-order valence-electron chi connectivity index (χ4n) is 3.80. The van der Waals surface area contributed by atoms with E-state index in [2.05, 4.69) is 17.2 Å². The summed E-state index contributed by atoms with van der Waals surface area (Å²) in [6, 6.07) is 16.3. The highest BCUT2D eigenvalue weighted by Crippen LogP contribution is 2.37. The van der Waals surface area contributed by atoms with Crippen LogP contribution in [0.2, 0.25) is 0 Å². The molecule has 3 aromatic rings. The Morgan fingerprint density at radius 2 is 1.88 bits per heavy atom. The average molecular weight is 496 g/mol. The molecule has 0 radical (unpaired) electrons. The fraction of sp³-hybridized carbons (Fsp3) is 0.200. The molecule has 0 saturated carbocycles. The van der Waals surface area contributed by atoms with Gasteiger partial charge in [-0.15, -0.1) is 11.3 Å². The molecule has 1 aliphatic heterocycles. The number of benzene rings is 2. The van der Waals surface area contributed by atoms with Crippen LogP contribution < -0.4 is 10.6 Å². The van der Waals surface area contributed by atoms with E-state index in [9.17, 15) is 18.0 Å². The maximum Gasteiger partial charge on any atom is 0.251 e. The van der Waals surface area contributed by atoms with E-state index in [0.717, 1.165) is 22.4 Å². The van der Waals surface area contributed by atoms with Crippen molar-refractivity contribution in [2.75, 3.05) is 11.9 Å². The van der Waals surface area contributed by atoms with E-state index in [0.29, 0.717) is 22.7 Å². The zero-order valence-corrected chi connectivity index (χ0v) is 20.3. The summed E-state index contributed by atoms with van der Waals surface area (Å²) in [6.07, 6.45) is 1.91. The summed E-state index contributed by atoms with van der Waals surface area (Å²) in [4.78, 5) is 25.2. The normalized spacial score (nSPS) is 13.3. The van der Waals surface area contributed by atoms with E-state index in [1.165, 1.54) is 27.8 Å². The first kappa shape index (κ1) is 23.9. The van der Waals surface area contributed by atoms with Crippen molar-refractivity contribution in [1.29, 1.82) is 0 Å². The van der Waals surface area contributed by atoms with E-state index in [-0.39, 0.29) is 29.8 Å². The summed E-state index contributed by atoms with van der Waals surface area (Å²) >= 11 is 1.36. The van der Waals surface area contributed by atoms with Gasteiger partial charge in [-0.2, -0.15) is 4.31 Å². The van der Waals surface area contributed by atoms with E-state index >= 15 is 0 Å². The zero-order chi connectivity index (χ0) is 24.3. The molecule has 0 unspecified atom stereocenters. The van der Waals surface area contributed by atoms with E-state index in [4.69, 9.17) is 0 Å². The Labute approximate surface area is 203 Å². The summed E-state index contributed by atoms with van der Waals surface area (Å²) in [5, 5.41) is 6.28. The molecule has 34 heavy (non-hydrogen) atoms. The molecule has 0 aliphatic carbocycles. The molecule has 2 heterocycles. The highest BCUT2D eigenvalue weighted by Gasteiger charge is 2.32. The number of nitrogens with one attached hydrogen (secondary N) is 2. The minimum atomic E-state index is -3.73. The van der Waals surface area contributed by atoms with Gasteiger partial charge in [-0.05, 0) is 60.4 Å². The first-order valence-corrected chi connectivity index (χ1v) is 13.0. The monoisotopic (exact) mass is 495 g/mol. The third-order valence-corrected chi connectivity index (χ3v) is 8.48. The van der Waals surface area contributed by atoms with Gasteiger partial charge in [0.2, 0.25) is 15.9 Å². The quantitative estimate of drug-likeness (QED) is 0.464. The standard InChI is InChI=1S/C25H25N3O4S2/c1-3-23(29)27-24-14-19-15-28(16-22(19)33-24)34(31,32)20-9-10-21(17(2)13-20)25(30)26-12-11-18-7-5-4-6-8-18/h3-10,13-14H,1,11-12,15-16H2,2H3,(H,26,30)(H,27,29). The molecule has 176 valence electrons. The maximum absolute atomic E-state index is 13.2. The number of thiophene rings is 1. The van der Waals surface area contributed by atoms with Crippen LogP contribution in [0, 0.1) is 6.92 Å². The zero-order valence-electron chi connectivity index (χ0n) is 18.7. The van der Waals surface area contributed by atoms with Crippen LogP contribution in [0.15, 0.2) is 72.1 Å².